The van der Waals surface area contributed by atoms with E-state index in [0.29, 0.717) is 0 Å². The monoisotopic (exact) mass is 312 g/mol. The molecule has 20 heavy (non-hydrogen) atoms. The Morgan fingerprint density at radius 2 is 2.00 bits per heavy atom. The van der Waals surface area contributed by atoms with Crippen LogP contribution in [0.25, 0.3) is 11.2 Å². The number of thioether (sulfide) groups is 1. The largest absolute Gasteiger partial charge is 0.328 e. The summed E-state index contributed by atoms with van der Waals surface area (Å²) in [5.41, 5.74) is 3.28. The third kappa shape index (κ3) is 3.28. The predicted octanol–water partition coefficient (Wildman–Crippen LogP) is 4.15. The summed E-state index contributed by atoms with van der Waals surface area (Å²) in [6.45, 7) is 6.02. The summed E-state index contributed by atoms with van der Waals surface area (Å²) in [5, 5.41) is 4.55. The van der Waals surface area contributed by atoms with Gasteiger partial charge in [0.1, 0.15) is 5.52 Å². The highest BCUT2D eigenvalue weighted by Gasteiger charge is 2.13. The van der Waals surface area contributed by atoms with Crippen molar-refractivity contribution >= 4 is 35.1 Å². The Labute approximate surface area is 129 Å². The third-order valence-electron chi connectivity index (χ3n) is 3.61. The van der Waals surface area contributed by atoms with Gasteiger partial charge in [-0.1, -0.05) is 12.8 Å². The van der Waals surface area contributed by atoms with Gasteiger partial charge in [-0.15, -0.1) is 0 Å². The lowest BCUT2D eigenvalue weighted by Gasteiger charge is -2.06. The number of nitrogens with one attached hydrogen (secondary N) is 1. The maximum Gasteiger partial charge on any atom is 0.179 e. The highest BCUT2D eigenvalue weighted by atomic mass is 32.2. The zero-order chi connectivity index (χ0) is 14.5. The number of H-pyrrole nitrogens is 1. The van der Waals surface area contributed by atoms with Gasteiger partial charge < -0.3 is 9.55 Å². The number of aromatic nitrogens is 4. The number of fused-ring (bicyclic) bond motifs is 1. The summed E-state index contributed by atoms with van der Waals surface area (Å²) >= 11 is 7.39. The van der Waals surface area contributed by atoms with E-state index in [1.165, 1.54) is 31.4 Å². The van der Waals surface area contributed by atoms with Crippen molar-refractivity contribution in [3.8, 4) is 0 Å². The molecule has 0 unspecified atom stereocenters. The Balaban J connectivity index is 2.06. The molecule has 112 valence electrons. The van der Waals surface area contributed by atoms with Crippen molar-refractivity contribution in [3.63, 3.8) is 0 Å². The van der Waals surface area contributed by atoms with Crippen molar-refractivity contribution in [2.75, 3.05) is 12.0 Å². The molecule has 0 spiro atoms. The van der Waals surface area contributed by atoms with E-state index in [1.807, 2.05) is 23.4 Å². The van der Waals surface area contributed by atoms with E-state index in [-0.39, 0.29) is 0 Å². The molecule has 0 atom stereocenters. The van der Waals surface area contributed by atoms with Crippen LogP contribution >= 0.6 is 24.0 Å². The van der Waals surface area contributed by atoms with Gasteiger partial charge in [-0.3, -0.25) is 0 Å². The van der Waals surface area contributed by atoms with Crippen LogP contribution in [0, 0.1) is 11.7 Å². The molecule has 0 saturated carbocycles. The second kappa shape index (κ2) is 7.31. The van der Waals surface area contributed by atoms with Gasteiger partial charge in [0.15, 0.2) is 10.4 Å². The molecule has 0 aliphatic carbocycles. The average molecular weight is 313 g/mol. The second-order valence-corrected chi connectivity index (χ2v) is 6.46. The first-order chi connectivity index (χ1) is 9.69. The summed E-state index contributed by atoms with van der Waals surface area (Å²) in [5.74, 6) is 1.27. The predicted molar refractivity (Wildman–Crippen MR) is 90.2 cm³/mol. The van der Waals surface area contributed by atoms with Gasteiger partial charge in [0.2, 0.25) is 0 Å². The molecule has 0 aliphatic rings. The molecule has 0 amide bonds. The Morgan fingerprint density at radius 3 is 2.70 bits per heavy atom. The van der Waals surface area contributed by atoms with Crippen LogP contribution in [0.15, 0.2) is 0 Å². The minimum absolute atomic E-state index is 0.826. The zero-order valence-corrected chi connectivity index (χ0v) is 14.2. The lowest BCUT2D eigenvalue weighted by Crippen LogP contribution is -2.05. The van der Waals surface area contributed by atoms with E-state index < -0.39 is 0 Å². The van der Waals surface area contributed by atoms with E-state index >= 15 is 0 Å². The topological polar surface area (TPSA) is 38.5 Å². The van der Waals surface area contributed by atoms with Crippen molar-refractivity contribution in [2.24, 2.45) is 0 Å². The van der Waals surface area contributed by atoms with Crippen LogP contribution in [0.2, 0.25) is 0 Å². The molecule has 2 rings (SSSR count). The first-order valence-electron chi connectivity index (χ1n) is 7.34. The summed E-state index contributed by atoms with van der Waals surface area (Å²) in [7, 11) is 0. The fourth-order valence-corrected chi connectivity index (χ4v) is 3.33. The van der Waals surface area contributed by atoms with Gasteiger partial charge in [-0.2, -0.15) is 16.9 Å². The SMILES string of the molecule is CCn1nc(C)c2[nH]c(=S)n(CCCCCCSC)c21. The van der Waals surface area contributed by atoms with Crippen LogP contribution in [0.1, 0.15) is 38.3 Å². The third-order valence-corrected chi connectivity index (χ3v) is 4.63. The molecule has 0 bridgehead atoms. The number of aromatic amines is 1. The van der Waals surface area contributed by atoms with Crippen molar-refractivity contribution in [3.05, 3.63) is 10.5 Å². The number of unbranched alkanes of at least 4 members (excludes halogenated alkanes) is 3. The molecule has 0 radical (unpaired) electrons. The Kier molecular flexibility index (Phi) is 5.72. The van der Waals surface area contributed by atoms with Crippen molar-refractivity contribution in [1.29, 1.82) is 0 Å². The lowest BCUT2D eigenvalue weighted by atomic mass is 10.2. The maximum atomic E-state index is 5.46. The van der Waals surface area contributed by atoms with Crippen LogP contribution < -0.4 is 0 Å². The zero-order valence-electron chi connectivity index (χ0n) is 12.6. The summed E-state index contributed by atoms with van der Waals surface area (Å²) in [6.07, 6.45) is 7.26. The minimum Gasteiger partial charge on any atom is -0.328 e. The van der Waals surface area contributed by atoms with Gasteiger partial charge >= 0.3 is 0 Å². The fourth-order valence-electron chi connectivity index (χ4n) is 2.56. The summed E-state index contributed by atoms with van der Waals surface area (Å²) in [4.78, 5) is 3.30. The van der Waals surface area contributed by atoms with Crippen LogP contribution in [0.3, 0.4) is 0 Å². The van der Waals surface area contributed by atoms with Crippen molar-refractivity contribution in [2.45, 2.75) is 52.6 Å². The molecule has 0 aliphatic heterocycles. The molecule has 2 aromatic rings. The molecule has 2 heterocycles. The quantitative estimate of drug-likeness (QED) is 0.588. The molecule has 2 aromatic heterocycles. The Bertz CT molecular complexity index is 608. The van der Waals surface area contributed by atoms with E-state index in [1.54, 1.807) is 0 Å². The maximum absolute atomic E-state index is 5.46. The molecular weight excluding hydrogens is 288 g/mol. The number of aryl methyl sites for hydroxylation is 3. The van der Waals surface area contributed by atoms with Crippen molar-refractivity contribution in [1.82, 2.24) is 19.3 Å². The van der Waals surface area contributed by atoms with E-state index in [9.17, 15) is 0 Å². The van der Waals surface area contributed by atoms with Crippen LogP contribution in [0.4, 0.5) is 0 Å². The number of hydrogen-bond donors (Lipinski definition) is 1. The smallest absolute Gasteiger partial charge is 0.179 e. The molecule has 1 N–H and O–H groups in total. The average Bonchev–Trinajstić information content (AvgIpc) is 2.92. The first kappa shape index (κ1) is 15.6. The van der Waals surface area contributed by atoms with Gasteiger partial charge in [0, 0.05) is 13.1 Å². The summed E-state index contributed by atoms with van der Waals surface area (Å²) in [6, 6.07) is 0. The standard InChI is InChI=1S/C14H24N4S2/c1-4-18-13-12(11(2)16-18)15-14(19)17(13)9-7-5-6-8-10-20-3/h4-10H2,1-3H3,(H,15,19). The molecule has 0 fully saturated rings. The van der Waals surface area contributed by atoms with E-state index in [2.05, 4.69) is 27.8 Å². The highest BCUT2D eigenvalue weighted by molar-refractivity contribution is 7.98. The van der Waals surface area contributed by atoms with E-state index in [4.69, 9.17) is 12.2 Å². The van der Waals surface area contributed by atoms with E-state index in [0.717, 1.165) is 34.7 Å². The molecular formula is C14H24N4S2. The molecule has 0 aromatic carbocycles. The minimum atomic E-state index is 0.826. The Morgan fingerprint density at radius 1 is 1.25 bits per heavy atom. The van der Waals surface area contributed by atoms with Gasteiger partial charge in [0.25, 0.3) is 0 Å². The van der Waals surface area contributed by atoms with Gasteiger partial charge in [-0.05, 0) is 50.9 Å². The van der Waals surface area contributed by atoms with Gasteiger partial charge in [-0.25, -0.2) is 4.68 Å². The first-order valence-corrected chi connectivity index (χ1v) is 9.14. The van der Waals surface area contributed by atoms with Crippen LogP contribution in [-0.4, -0.2) is 31.3 Å². The second-order valence-electron chi connectivity index (χ2n) is 5.09. The van der Waals surface area contributed by atoms with Crippen molar-refractivity contribution < 1.29 is 0 Å². The fraction of sp³-hybridized carbons (Fsp3) is 0.714. The lowest BCUT2D eigenvalue weighted by molar-refractivity contribution is 0.569. The van der Waals surface area contributed by atoms with Gasteiger partial charge in [0.05, 0.1) is 5.69 Å². The number of imidazole rings is 1. The molecule has 4 nitrogen and oxygen atoms in total. The normalized spacial score (nSPS) is 11.6. The molecule has 0 saturated heterocycles. The number of rotatable bonds is 8. The number of hydrogen-bond acceptors (Lipinski definition) is 3. The molecule has 6 heteroatoms. The number of nitrogens with zero attached hydrogens (tertiary/aromatic N) is 3. The van der Waals surface area contributed by atoms with Crippen LogP contribution in [0.5, 0.6) is 0 Å². The summed E-state index contributed by atoms with van der Waals surface area (Å²) < 4.78 is 5.08. The Hall–Kier alpha value is -0.750. The van der Waals surface area contributed by atoms with Crippen LogP contribution in [-0.2, 0) is 13.1 Å². The highest BCUT2D eigenvalue weighted by Crippen LogP contribution is 2.19.